The van der Waals surface area contributed by atoms with E-state index in [1.54, 1.807) is 21.0 Å². The minimum absolute atomic E-state index is 0.0972. The van der Waals surface area contributed by atoms with Crippen molar-refractivity contribution in [2.45, 2.75) is 38.3 Å². The fourth-order valence-electron chi connectivity index (χ4n) is 2.51. The lowest BCUT2D eigenvalue weighted by Gasteiger charge is -2.36. The quantitative estimate of drug-likeness (QED) is 0.882. The van der Waals surface area contributed by atoms with Crippen LogP contribution >= 0.6 is 0 Å². The van der Waals surface area contributed by atoms with Gasteiger partial charge in [0, 0.05) is 30.9 Å². The maximum Gasteiger partial charge on any atom is 0.239 e. The van der Waals surface area contributed by atoms with Crippen LogP contribution < -0.4 is 20.7 Å². The van der Waals surface area contributed by atoms with Gasteiger partial charge in [-0.2, -0.15) is 0 Å². The normalized spacial score (nSPS) is 19.2. The summed E-state index contributed by atoms with van der Waals surface area (Å²) in [6.45, 7) is 5.25. The molecule has 0 radical (unpaired) electrons. The van der Waals surface area contributed by atoms with Crippen molar-refractivity contribution < 1.29 is 9.53 Å². The van der Waals surface area contributed by atoms with Gasteiger partial charge in [0.05, 0.1) is 12.6 Å². The van der Waals surface area contributed by atoms with Crippen LogP contribution in [0, 0.1) is 0 Å². The van der Waals surface area contributed by atoms with Crippen LogP contribution in [0.15, 0.2) is 24.3 Å². The molecule has 116 valence electrons. The van der Waals surface area contributed by atoms with E-state index in [2.05, 4.69) is 16.3 Å². The van der Waals surface area contributed by atoms with Crippen LogP contribution in [0.3, 0.4) is 0 Å². The Morgan fingerprint density at radius 1 is 1.48 bits per heavy atom. The second kappa shape index (κ2) is 6.35. The smallest absolute Gasteiger partial charge is 0.239 e. The highest BCUT2D eigenvalue weighted by atomic mass is 16.5. The Kier molecular flexibility index (Phi) is 4.73. The zero-order valence-corrected chi connectivity index (χ0v) is 13.1. The summed E-state index contributed by atoms with van der Waals surface area (Å²) in [4.78, 5) is 14.3. The largest absolute Gasteiger partial charge is 0.497 e. The second-order valence-electron chi connectivity index (χ2n) is 6.18. The first-order valence-corrected chi connectivity index (χ1v) is 7.39. The zero-order valence-electron chi connectivity index (χ0n) is 13.1. The van der Waals surface area contributed by atoms with Gasteiger partial charge in [-0.3, -0.25) is 4.79 Å². The van der Waals surface area contributed by atoms with E-state index < -0.39 is 5.54 Å². The summed E-state index contributed by atoms with van der Waals surface area (Å²) in [5, 5.41) is 3.05. The fraction of sp³-hybridized carbons (Fsp3) is 0.562. The highest BCUT2D eigenvalue weighted by Crippen LogP contribution is 2.24. The number of benzene rings is 1. The first kappa shape index (κ1) is 15.6. The number of carbonyl (C=O) groups is 1. The molecule has 5 nitrogen and oxygen atoms in total. The number of ether oxygens (including phenoxy) is 1. The van der Waals surface area contributed by atoms with Crippen molar-refractivity contribution in [2.75, 3.05) is 25.1 Å². The molecule has 0 aromatic heterocycles. The van der Waals surface area contributed by atoms with Crippen LogP contribution in [0.5, 0.6) is 5.75 Å². The van der Waals surface area contributed by atoms with E-state index in [4.69, 9.17) is 10.5 Å². The number of amides is 1. The van der Waals surface area contributed by atoms with E-state index in [0.717, 1.165) is 37.4 Å². The third-order valence-electron chi connectivity index (χ3n) is 3.76. The van der Waals surface area contributed by atoms with Crippen LogP contribution in [0.1, 0.15) is 26.7 Å². The summed E-state index contributed by atoms with van der Waals surface area (Å²) in [5.41, 5.74) is 6.13. The maximum atomic E-state index is 12.0. The Morgan fingerprint density at radius 2 is 2.24 bits per heavy atom. The van der Waals surface area contributed by atoms with E-state index in [0.29, 0.717) is 0 Å². The lowest BCUT2D eigenvalue weighted by atomic mass is 10.0. The Morgan fingerprint density at radius 3 is 2.90 bits per heavy atom. The number of carbonyl (C=O) groups excluding carboxylic acids is 1. The SMILES string of the molecule is COc1cccc(N2CCCC(NC(=O)C(C)(C)N)C2)c1. The van der Waals surface area contributed by atoms with Crippen molar-refractivity contribution in [2.24, 2.45) is 5.73 Å². The summed E-state index contributed by atoms with van der Waals surface area (Å²) in [6, 6.07) is 8.15. The Hall–Kier alpha value is -1.75. The van der Waals surface area contributed by atoms with E-state index in [9.17, 15) is 4.79 Å². The van der Waals surface area contributed by atoms with Crippen molar-refractivity contribution in [3.8, 4) is 5.75 Å². The summed E-state index contributed by atoms with van der Waals surface area (Å²) in [7, 11) is 1.67. The average molecular weight is 291 g/mol. The van der Waals surface area contributed by atoms with Crippen molar-refractivity contribution >= 4 is 11.6 Å². The van der Waals surface area contributed by atoms with Crippen LogP contribution in [0.2, 0.25) is 0 Å². The molecule has 3 N–H and O–H groups in total. The average Bonchev–Trinajstić information content (AvgIpc) is 2.46. The molecule has 5 heteroatoms. The molecule has 2 rings (SSSR count). The third kappa shape index (κ3) is 4.11. The summed E-state index contributed by atoms with van der Waals surface area (Å²) in [6.07, 6.45) is 2.04. The Balaban J connectivity index is 2.02. The first-order valence-electron chi connectivity index (χ1n) is 7.39. The van der Waals surface area contributed by atoms with Crippen LogP contribution in [0.25, 0.3) is 0 Å². The van der Waals surface area contributed by atoms with Crippen molar-refractivity contribution in [1.29, 1.82) is 0 Å². The molecule has 1 amide bonds. The molecule has 0 bridgehead atoms. The van der Waals surface area contributed by atoms with E-state index in [1.165, 1.54) is 0 Å². The monoisotopic (exact) mass is 291 g/mol. The first-order chi connectivity index (χ1) is 9.90. The van der Waals surface area contributed by atoms with Crippen LogP contribution in [-0.4, -0.2) is 37.7 Å². The number of methoxy groups -OCH3 is 1. The standard InChI is InChI=1S/C16H25N3O2/c1-16(2,17)15(20)18-12-6-5-9-19(11-12)13-7-4-8-14(10-13)21-3/h4,7-8,10,12H,5-6,9,11,17H2,1-3H3,(H,18,20). The molecule has 1 atom stereocenters. The fourth-order valence-corrected chi connectivity index (χ4v) is 2.51. The van der Waals surface area contributed by atoms with Crippen molar-refractivity contribution in [3.63, 3.8) is 0 Å². The predicted octanol–water partition coefficient (Wildman–Crippen LogP) is 1.52. The molecule has 21 heavy (non-hydrogen) atoms. The van der Waals surface area contributed by atoms with Crippen molar-refractivity contribution in [3.05, 3.63) is 24.3 Å². The number of nitrogens with one attached hydrogen (secondary N) is 1. The van der Waals surface area contributed by atoms with Gasteiger partial charge in [0.1, 0.15) is 5.75 Å². The van der Waals surface area contributed by atoms with E-state index in [1.807, 2.05) is 18.2 Å². The number of nitrogens with two attached hydrogens (primary N) is 1. The van der Waals surface area contributed by atoms with Crippen LogP contribution in [0.4, 0.5) is 5.69 Å². The molecule has 1 unspecified atom stereocenters. The molecule has 1 fully saturated rings. The van der Waals surface area contributed by atoms with Gasteiger partial charge in [-0.1, -0.05) is 6.07 Å². The van der Waals surface area contributed by atoms with Gasteiger partial charge in [0.2, 0.25) is 5.91 Å². The number of nitrogens with zero attached hydrogens (tertiary/aromatic N) is 1. The highest BCUT2D eigenvalue weighted by Gasteiger charge is 2.27. The van der Waals surface area contributed by atoms with E-state index >= 15 is 0 Å². The van der Waals surface area contributed by atoms with Gasteiger partial charge in [-0.05, 0) is 38.8 Å². The summed E-state index contributed by atoms with van der Waals surface area (Å²) >= 11 is 0. The highest BCUT2D eigenvalue weighted by molar-refractivity contribution is 5.85. The molecular formula is C16H25N3O2. The topological polar surface area (TPSA) is 67.6 Å². The number of hydrogen-bond donors (Lipinski definition) is 2. The molecule has 1 aliphatic rings. The lowest BCUT2D eigenvalue weighted by Crippen LogP contribution is -2.55. The summed E-state index contributed by atoms with van der Waals surface area (Å²) < 4.78 is 5.27. The molecule has 1 saturated heterocycles. The molecule has 0 saturated carbocycles. The van der Waals surface area contributed by atoms with Gasteiger partial charge in [-0.15, -0.1) is 0 Å². The van der Waals surface area contributed by atoms with Crippen molar-refractivity contribution in [1.82, 2.24) is 5.32 Å². The number of hydrogen-bond acceptors (Lipinski definition) is 4. The van der Waals surface area contributed by atoms with Gasteiger partial charge >= 0.3 is 0 Å². The van der Waals surface area contributed by atoms with Gasteiger partial charge in [0.15, 0.2) is 0 Å². The number of rotatable bonds is 4. The Labute approximate surface area is 126 Å². The van der Waals surface area contributed by atoms with Gasteiger partial charge in [0.25, 0.3) is 0 Å². The molecule has 1 aromatic rings. The molecule has 1 aliphatic heterocycles. The number of piperidine rings is 1. The Bertz CT molecular complexity index is 497. The minimum Gasteiger partial charge on any atom is -0.497 e. The van der Waals surface area contributed by atoms with Crippen LogP contribution in [-0.2, 0) is 4.79 Å². The minimum atomic E-state index is -0.835. The number of anilines is 1. The predicted molar refractivity (Wildman–Crippen MR) is 84.6 cm³/mol. The maximum absolute atomic E-state index is 12.0. The summed E-state index contributed by atoms with van der Waals surface area (Å²) in [5.74, 6) is 0.752. The lowest BCUT2D eigenvalue weighted by molar-refractivity contribution is -0.126. The molecule has 0 spiro atoms. The van der Waals surface area contributed by atoms with Gasteiger partial charge < -0.3 is 20.7 Å². The molecule has 0 aliphatic carbocycles. The van der Waals surface area contributed by atoms with E-state index in [-0.39, 0.29) is 11.9 Å². The van der Waals surface area contributed by atoms with Gasteiger partial charge in [-0.25, -0.2) is 0 Å². The zero-order chi connectivity index (χ0) is 15.5. The second-order valence-corrected chi connectivity index (χ2v) is 6.18. The molecule has 1 aromatic carbocycles. The third-order valence-corrected chi connectivity index (χ3v) is 3.76. The molecular weight excluding hydrogens is 266 g/mol. The molecule has 1 heterocycles.